The minimum Gasteiger partial charge on any atom is -0.385 e. The summed E-state index contributed by atoms with van der Waals surface area (Å²) in [5.74, 6) is 0.984. The molecule has 0 aliphatic heterocycles. The van der Waals surface area contributed by atoms with Crippen LogP contribution in [0, 0.1) is 0 Å². The van der Waals surface area contributed by atoms with E-state index in [2.05, 4.69) is 24.0 Å². The van der Waals surface area contributed by atoms with Gasteiger partial charge in [-0.05, 0) is 30.5 Å². The van der Waals surface area contributed by atoms with Gasteiger partial charge in [0, 0.05) is 46.2 Å². The van der Waals surface area contributed by atoms with Crippen LogP contribution in [0.15, 0.2) is 12.1 Å². The fourth-order valence-corrected chi connectivity index (χ4v) is 2.04. The maximum atomic E-state index is 5.77. The Hall–Kier alpha value is -1.17. The number of nitrogens with two attached hydrogens (primary N) is 1. The van der Waals surface area contributed by atoms with E-state index >= 15 is 0 Å². The second-order valence-corrected chi connectivity index (χ2v) is 4.71. The largest absolute Gasteiger partial charge is 0.385 e. The molecule has 2 N–H and O–H groups in total. The van der Waals surface area contributed by atoms with Gasteiger partial charge < -0.3 is 20.1 Å². The van der Waals surface area contributed by atoms with Crippen molar-refractivity contribution in [2.24, 2.45) is 5.73 Å². The van der Waals surface area contributed by atoms with Crippen LogP contribution in [0.5, 0.6) is 0 Å². The van der Waals surface area contributed by atoms with Crippen LogP contribution < -0.4 is 10.6 Å². The van der Waals surface area contributed by atoms with Gasteiger partial charge in [0.1, 0.15) is 5.82 Å². The lowest BCUT2D eigenvalue weighted by molar-refractivity contribution is 0.191. The molecule has 0 fully saturated rings. The number of rotatable bonds is 10. The lowest BCUT2D eigenvalue weighted by atomic mass is 10.2. The third kappa shape index (κ3) is 5.45. The maximum Gasteiger partial charge on any atom is 0.129 e. The van der Waals surface area contributed by atoms with Gasteiger partial charge in [0.25, 0.3) is 0 Å². The number of hydrogen-bond acceptors (Lipinski definition) is 5. The summed E-state index contributed by atoms with van der Waals surface area (Å²) in [6.45, 7) is 5.81. The molecule has 1 heterocycles. The molecule has 0 amide bonds. The molecule has 0 spiro atoms. The van der Waals surface area contributed by atoms with Crippen molar-refractivity contribution in [3.63, 3.8) is 0 Å². The van der Waals surface area contributed by atoms with Crippen molar-refractivity contribution < 1.29 is 9.47 Å². The molecule has 0 aliphatic carbocycles. The van der Waals surface area contributed by atoms with E-state index in [1.54, 1.807) is 14.2 Å². The first-order valence-corrected chi connectivity index (χ1v) is 7.17. The average Bonchev–Trinajstić information content (AvgIpc) is 2.50. The van der Waals surface area contributed by atoms with Crippen LogP contribution in [-0.2, 0) is 22.4 Å². The lowest BCUT2D eigenvalue weighted by Crippen LogP contribution is -2.30. The van der Waals surface area contributed by atoms with Gasteiger partial charge in [-0.3, -0.25) is 0 Å². The molecule has 0 atom stereocenters. The predicted molar refractivity (Wildman–Crippen MR) is 82.1 cm³/mol. The first-order chi connectivity index (χ1) is 9.74. The van der Waals surface area contributed by atoms with E-state index in [4.69, 9.17) is 20.2 Å². The summed E-state index contributed by atoms with van der Waals surface area (Å²) in [6, 6.07) is 4.15. The monoisotopic (exact) mass is 281 g/mol. The van der Waals surface area contributed by atoms with E-state index in [-0.39, 0.29) is 0 Å². The highest BCUT2D eigenvalue weighted by atomic mass is 16.5. The summed E-state index contributed by atoms with van der Waals surface area (Å²) in [7, 11) is 3.44. The van der Waals surface area contributed by atoms with E-state index in [0.717, 1.165) is 49.6 Å². The molecule has 0 saturated carbocycles. The quantitative estimate of drug-likeness (QED) is 0.660. The highest BCUT2D eigenvalue weighted by molar-refractivity contribution is 5.43. The minimum absolute atomic E-state index is 0.540. The zero-order valence-electron chi connectivity index (χ0n) is 12.9. The van der Waals surface area contributed by atoms with Crippen LogP contribution in [0.3, 0.4) is 0 Å². The molecular weight excluding hydrogens is 254 g/mol. The van der Waals surface area contributed by atoms with Crippen LogP contribution >= 0.6 is 0 Å². The molecular formula is C15H27N3O2. The Morgan fingerprint density at radius 3 is 2.50 bits per heavy atom. The summed E-state index contributed by atoms with van der Waals surface area (Å²) in [5, 5.41) is 0. The summed E-state index contributed by atoms with van der Waals surface area (Å²) < 4.78 is 10.3. The van der Waals surface area contributed by atoms with Crippen LogP contribution in [0.4, 0.5) is 5.82 Å². The third-order valence-electron chi connectivity index (χ3n) is 3.19. The molecule has 5 heteroatoms. The van der Waals surface area contributed by atoms with Gasteiger partial charge in [-0.15, -0.1) is 0 Å². The first-order valence-electron chi connectivity index (χ1n) is 7.17. The summed E-state index contributed by atoms with van der Waals surface area (Å²) in [4.78, 5) is 6.94. The molecule has 0 saturated heterocycles. The Labute approximate surface area is 122 Å². The highest BCUT2D eigenvalue weighted by Crippen LogP contribution is 2.16. The van der Waals surface area contributed by atoms with E-state index in [0.29, 0.717) is 13.2 Å². The van der Waals surface area contributed by atoms with Crippen LogP contribution in [0.2, 0.25) is 0 Å². The summed E-state index contributed by atoms with van der Waals surface area (Å²) in [6.07, 6.45) is 1.88. The molecule has 20 heavy (non-hydrogen) atoms. The van der Waals surface area contributed by atoms with E-state index in [9.17, 15) is 0 Å². The lowest BCUT2D eigenvalue weighted by Gasteiger charge is -2.24. The van der Waals surface area contributed by atoms with Gasteiger partial charge in [0.2, 0.25) is 0 Å². The van der Waals surface area contributed by atoms with Crippen molar-refractivity contribution in [1.29, 1.82) is 0 Å². The van der Waals surface area contributed by atoms with E-state index < -0.39 is 0 Å². The topological polar surface area (TPSA) is 60.6 Å². The number of methoxy groups -OCH3 is 2. The standard InChI is InChI=1S/C15H27N3O2/c1-4-14-10-13(12-16)11-15(17-14)18(7-9-20-3)6-5-8-19-2/h10-11H,4-9,12,16H2,1-3H3. The predicted octanol–water partition coefficient (Wildman–Crippen LogP) is 1.59. The molecule has 5 nitrogen and oxygen atoms in total. The van der Waals surface area contributed by atoms with Gasteiger partial charge >= 0.3 is 0 Å². The van der Waals surface area contributed by atoms with Crippen molar-refractivity contribution in [2.75, 3.05) is 45.4 Å². The molecule has 0 aromatic carbocycles. The fraction of sp³-hybridized carbons (Fsp3) is 0.667. The number of anilines is 1. The molecule has 1 aromatic rings. The number of ether oxygens (including phenoxy) is 2. The molecule has 0 radical (unpaired) electrons. The third-order valence-corrected chi connectivity index (χ3v) is 3.19. The Balaban J connectivity index is 2.86. The molecule has 114 valence electrons. The Bertz CT molecular complexity index is 363. The van der Waals surface area contributed by atoms with Crippen molar-refractivity contribution >= 4 is 5.82 Å². The number of pyridine rings is 1. The second-order valence-electron chi connectivity index (χ2n) is 4.71. The zero-order valence-corrected chi connectivity index (χ0v) is 12.9. The average molecular weight is 281 g/mol. The Morgan fingerprint density at radius 2 is 1.90 bits per heavy atom. The normalized spacial score (nSPS) is 10.8. The molecule has 1 rings (SSSR count). The van der Waals surface area contributed by atoms with Gasteiger partial charge in [0.05, 0.1) is 6.61 Å². The van der Waals surface area contributed by atoms with Gasteiger partial charge in [-0.1, -0.05) is 6.92 Å². The first kappa shape index (κ1) is 16.9. The molecule has 0 unspecified atom stereocenters. The van der Waals surface area contributed by atoms with Crippen LogP contribution in [0.25, 0.3) is 0 Å². The number of aryl methyl sites for hydroxylation is 1. The SMILES string of the molecule is CCc1cc(CN)cc(N(CCCOC)CCOC)n1. The van der Waals surface area contributed by atoms with Crippen molar-refractivity contribution in [3.05, 3.63) is 23.4 Å². The smallest absolute Gasteiger partial charge is 0.129 e. The Kier molecular flexibility index (Phi) is 8.18. The van der Waals surface area contributed by atoms with Gasteiger partial charge in [0.15, 0.2) is 0 Å². The van der Waals surface area contributed by atoms with Crippen molar-refractivity contribution in [2.45, 2.75) is 26.3 Å². The zero-order chi connectivity index (χ0) is 14.8. The molecule has 1 aromatic heterocycles. The molecule has 0 bridgehead atoms. The Morgan fingerprint density at radius 1 is 1.15 bits per heavy atom. The van der Waals surface area contributed by atoms with Crippen molar-refractivity contribution in [1.82, 2.24) is 4.98 Å². The minimum atomic E-state index is 0.540. The second kappa shape index (κ2) is 9.69. The van der Waals surface area contributed by atoms with Crippen molar-refractivity contribution in [3.8, 4) is 0 Å². The van der Waals surface area contributed by atoms with E-state index in [1.165, 1.54) is 0 Å². The molecule has 0 aliphatic rings. The summed E-state index contributed by atoms with van der Waals surface area (Å²) in [5.41, 5.74) is 7.98. The highest BCUT2D eigenvalue weighted by Gasteiger charge is 2.10. The maximum absolute atomic E-state index is 5.77. The number of hydrogen-bond donors (Lipinski definition) is 1. The van der Waals surface area contributed by atoms with Crippen LogP contribution in [0.1, 0.15) is 24.6 Å². The van der Waals surface area contributed by atoms with Crippen LogP contribution in [-0.4, -0.2) is 45.5 Å². The summed E-state index contributed by atoms with van der Waals surface area (Å²) >= 11 is 0. The van der Waals surface area contributed by atoms with Gasteiger partial charge in [-0.25, -0.2) is 4.98 Å². The number of aromatic nitrogens is 1. The van der Waals surface area contributed by atoms with Gasteiger partial charge in [-0.2, -0.15) is 0 Å². The number of nitrogens with zero attached hydrogens (tertiary/aromatic N) is 2. The van der Waals surface area contributed by atoms with E-state index in [1.807, 2.05) is 0 Å². The fourth-order valence-electron chi connectivity index (χ4n) is 2.04.